The van der Waals surface area contributed by atoms with Crippen LogP contribution in [-0.2, 0) is 35.2 Å². The van der Waals surface area contributed by atoms with E-state index < -0.39 is 65.2 Å². The van der Waals surface area contributed by atoms with Crippen LogP contribution in [-0.4, -0.2) is 89.0 Å². The van der Waals surface area contributed by atoms with Crippen molar-refractivity contribution in [1.82, 2.24) is 5.32 Å². The maximum atomic E-state index is 13.5. The van der Waals surface area contributed by atoms with E-state index in [9.17, 15) is 60.4 Å². The molecule has 9 aromatic carbocycles. The molecule has 1 unspecified atom stereocenters. The summed E-state index contributed by atoms with van der Waals surface area (Å²) in [6.45, 7) is 16.7. The molecule has 100 heavy (non-hydrogen) atoms. The van der Waals surface area contributed by atoms with Gasteiger partial charge < -0.3 is 55.0 Å². The van der Waals surface area contributed by atoms with E-state index in [2.05, 4.69) is 84.0 Å². The van der Waals surface area contributed by atoms with Gasteiger partial charge in [0.15, 0.2) is 18.1 Å². The van der Waals surface area contributed by atoms with Crippen LogP contribution >= 0.6 is 11.8 Å². The molecule has 10 aromatic rings. The van der Waals surface area contributed by atoms with Crippen LogP contribution in [0.1, 0.15) is 123 Å². The number of H-pyrrole nitrogens is 1. The van der Waals surface area contributed by atoms with Crippen molar-refractivity contribution in [2.24, 2.45) is 10.2 Å². The molecule has 0 aliphatic carbocycles. The molecular formula is C75H77N6O16S3-. The Kier molecular flexibility index (Phi) is 25.2. The summed E-state index contributed by atoms with van der Waals surface area (Å²) in [6, 6.07) is 43.3. The molecule has 0 saturated carbocycles. The number of aromatic nitrogens is 1. The molecule has 0 radical (unpaired) electrons. The second kappa shape index (κ2) is 33.4. The predicted octanol–water partition coefficient (Wildman–Crippen LogP) is 15.7. The number of hydrogen-bond acceptors (Lipinski definition) is 18. The van der Waals surface area contributed by atoms with Gasteiger partial charge in [-0.2, -0.15) is 5.11 Å². The number of carboxylic acid groups (broad SMARTS) is 1. The summed E-state index contributed by atoms with van der Waals surface area (Å²) in [5.41, 5.74) is 4.11. The van der Waals surface area contributed by atoms with E-state index in [1.54, 1.807) is 42.5 Å². The van der Waals surface area contributed by atoms with Crippen molar-refractivity contribution in [2.75, 3.05) is 29.5 Å². The van der Waals surface area contributed by atoms with E-state index >= 15 is 0 Å². The summed E-state index contributed by atoms with van der Waals surface area (Å²) >= 11 is 1.36. The van der Waals surface area contributed by atoms with Gasteiger partial charge in [0.2, 0.25) is 5.91 Å². The van der Waals surface area contributed by atoms with Gasteiger partial charge >= 0.3 is 5.97 Å². The second-order valence-electron chi connectivity index (χ2n) is 24.1. The topological polar surface area (TPSA) is 357 Å². The first-order valence-corrected chi connectivity index (χ1v) is 35.7. The standard InChI is InChI=1S/C48H52N4O12S2.C22H21NO4S.C5H5N/c1-7-28(3)30-15-20-40(38(24-30)48(5,6)8-2)63-22-12-11-21-49-47(56)37-27-41(35-13-9-10-14-36(35)45(37)54)64-33-18-16-32(17-19-33)51-52-44-42(66(60,61)62)25-31-23-34(65(57,58)59)26-39(50-29(4)53)43(31)46(44)55;1-13-7-8-14(2)18(11-13)23-22(27)17-12-19(28-10-9-20(24)25)15-5-3-4-6-16(15)21(17)26;1-2-4-6-5-3-1/h9-10,13-20,23-28,54-55H,7-8,11-12,21-22H2,1-6H3,(H,49,56)(H,50,53)(H,57,58,59)(H,60,61,62);3-8,11-12,26H,9-10H2,1-2H3,(H,23,27)(H,24,25);1-5H/p-1. The van der Waals surface area contributed by atoms with Gasteiger partial charge in [-0.15, -0.1) is 16.9 Å². The number of aromatic amines is 1. The molecule has 8 N–H and O–H groups in total. The van der Waals surface area contributed by atoms with Crippen molar-refractivity contribution in [1.29, 1.82) is 0 Å². The molecule has 10 rings (SSSR count). The third-order valence-corrected chi connectivity index (χ3v) is 19.2. The van der Waals surface area contributed by atoms with Gasteiger partial charge in [-0.05, 0) is 145 Å². The second-order valence-corrected chi connectivity index (χ2v) is 28.0. The zero-order chi connectivity index (χ0) is 72.6. The third kappa shape index (κ3) is 19.3. The molecule has 0 fully saturated rings. The number of amides is 3. The van der Waals surface area contributed by atoms with Crippen LogP contribution in [0, 0.1) is 13.8 Å². The highest BCUT2D eigenvalue weighted by atomic mass is 32.2. The highest BCUT2D eigenvalue weighted by Crippen LogP contribution is 2.46. The number of azo groups is 1. The number of aromatic hydroxyl groups is 3. The fraction of sp³-hybridized carbons (Fsp3) is 0.240. The van der Waals surface area contributed by atoms with Gasteiger partial charge in [0.25, 0.3) is 11.8 Å². The first-order valence-electron chi connectivity index (χ1n) is 31.9. The lowest BCUT2D eigenvalue weighted by Gasteiger charge is -2.27. The molecule has 0 aliphatic heterocycles. The lowest BCUT2D eigenvalue weighted by molar-refractivity contribution is -0.378. The lowest BCUT2D eigenvalue weighted by Crippen LogP contribution is -2.25. The normalized spacial score (nSPS) is 11.9. The van der Waals surface area contributed by atoms with Crippen LogP contribution in [0.4, 0.5) is 22.7 Å². The molecule has 25 heteroatoms. The lowest BCUT2D eigenvalue weighted by atomic mass is 9.80. The molecule has 1 atom stereocenters. The smallest absolute Gasteiger partial charge is 0.304 e. The average Bonchev–Trinajstić information content (AvgIpc) is 0.757. The number of phenols is 3. The Morgan fingerprint density at radius 1 is 0.670 bits per heavy atom. The van der Waals surface area contributed by atoms with Gasteiger partial charge in [-0.25, -0.2) is 21.8 Å². The number of pyridine rings is 1. The van der Waals surface area contributed by atoms with Crippen LogP contribution in [0.15, 0.2) is 195 Å². The molecule has 3 amide bonds. The Labute approximate surface area is 584 Å². The summed E-state index contributed by atoms with van der Waals surface area (Å²) in [6.07, 6.45) is 7.06. The van der Waals surface area contributed by atoms with Gasteiger partial charge in [0.05, 0.1) is 45.3 Å². The first-order chi connectivity index (χ1) is 47.5. The quantitative estimate of drug-likeness (QED) is 0.0128. The summed E-state index contributed by atoms with van der Waals surface area (Å²) in [5, 5.41) is 59.4. The summed E-state index contributed by atoms with van der Waals surface area (Å²) in [7, 11) is -10.5. The number of aliphatic carboxylic acids is 1. The number of rotatable bonds is 24. The predicted molar refractivity (Wildman–Crippen MR) is 383 cm³/mol. The summed E-state index contributed by atoms with van der Waals surface area (Å²) in [4.78, 5) is 50.9. The van der Waals surface area contributed by atoms with Crippen molar-refractivity contribution in [2.45, 2.75) is 114 Å². The van der Waals surface area contributed by atoms with Gasteiger partial charge in [0.1, 0.15) is 54.7 Å². The largest absolute Gasteiger partial charge is 0.744 e. The maximum absolute atomic E-state index is 13.5. The molecule has 0 saturated heterocycles. The van der Waals surface area contributed by atoms with Crippen LogP contribution < -0.4 is 30.4 Å². The van der Waals surface area contributed by atoms with Crippen molar-refractivity contribution in [3.8, 4) is 34.5 Å². The van der Waals surface area contributed by atoms with Crippen LogP contribution in [0.5, 0.6) is 34.5 Å². The molecule has 22 nitrogen and oxygen atoms in total. The number of nitrogens with one attached hydrogen (secondary N) is 4. The van der Waals surface area contributed by atoms with Crippen LogP contribution in [0.2, 0.25) is 0 Å². The van der Waals surface area contributed by atoms with Gasteiger partial charge in [-0.3, -0.25) is 19.2 Å². The number of phenolic OH excluding ortho intramolecular Hbond substituents is 3. The molecule has 1 aromatic heterocycles. The number of carboxylic acids is 1. The number of ether oxygens (including phenoxy) is 2. The van der Waals surface area contributed by atoms with Crippen molar-refractivity contribution in [3.05, 3.63) is 203 Å². The van der Waals surface area contributed by atoms with Crippen LogP contribution in [0.3, 0.4) is 0 Å². The fourth-order valence-corrected chi connectivity index (χ4v) is 12.7. The molecule has 1 heterocycles. The van der Waals surface area contributed by atoms with E-state index in [-0.39, 0.29) is 68.1 Å². The Balaban J connectivity index is 0.000000305. The summed E-state index contributed by atoms with van der Waals surface area (Å²) in [5.74, 6) is -1.57. The van der Waals surface area contributed by atoms with Crippen LogP contribution in [0.25, 0.3) is 32.3 Å². The van der Waals surface area contributed by atoms with Crippen molar-refractivity contribution >= 4 is 111 Å². The van der Waals surface area contributed by atoms with Crippen molar-refractivity contribution in [3.63, 3.8) is 0 Å². The number of unbranched alkanes of at least 4 members (excludes halogenated alkanes) is 1. The fourth-order valence-electron chi connectivity index (χ4n) is 10.5. The Morgan fingerprint density at radius 3 is 1.92 bits per heavy atom. The number of fused-ring (bicyclic) bond motifs is 3. The highest BCUT2D eigenvalue weighted by molar-refractivity contribution is 7.99. The van der Waals surface area contributed by atoms with E-state index in [1.807, 2.05) is 74.8 Å². The average molecular weight is 1410 g/mol. The minimum atomic E-state index is -5.39. The molecular weight excluding hydrogens is 1340 g/mol. The van der Waals surface area contributed by atoms with E-state index in [0.717, 1.165) is 59.1 Å². The molecule has 0 aliphatic rings. The number of hydrogen-bond donors (Lipinski definition) is 7. The SMILES string of the molecule is CCC(C)c1ccc(OCCCCNC(=O)c2cc(Oc3ccc(N=Nc4c(S(=O)(=O)[O-])cc5cc(S(=O)(=O)[O-])cc(NC(C)=O)c5c4O)cc3)c3ccccc3c2O)c(C(C)(C)CC)c1.Cc1ccc(C)c(NC(=O)c2cc(SCCC(=O)O)c3ccccc3c2O)c1.c1cc[nH+]cc1. The van der Waals surface area contributed by atoms with E-state index in [1.165, 1.54) is 53.2 Å². The highest BCUT2D eigenvalue weighted by Gasteiger charge is 2.26. The number of thioether (sulfide) groups is 1. The van der Waals surface area contributed by atoms with E-state index in [4.69, 9.17) is 14.6 Å². The third-order valence-electron chi connectivity index (χ3n) is 16.5. The first kappa shape index (κ1) is 75.3. The van der Waals surface area contributed by atoms with Gasteiger partial charge in [0, 0.05) is 69.0 Å². The number of aryl methyl sites for hydroxylation is 2. The zero-order valence-corrected chi connectivity index (χ0v) is 58.7. The number of carbonyl (C=O) groups excluding carboxylic acids is 3. The molecule has 0 bridgehead atoms. The Bertz CT molecular complexity index is 4910. The van der Waals surface area contributed by atoms with Crippen molar-refractivity contribution < 1.29 is 80.0 Å². The molecule has 0 spiro atoms. The number of nitrogens with zero attached hydrogens (tertiary/aromatic N) is 2. The number of benzene rings is 9. The Morgan fingerprint density at radius 2 is 1.32 bits per heavy atom. The maximum Gasteiger partial charge on any atom is 0.304 e. The molecule has 522 valence electrons. The minimum Gasteiger partial charge on any atom is -0.744 e. The zero-order valence-electron chi connectivity index (χ0n) is 56.2. The van der Waals surface area contributed by atoms with Gasteiger partial charge in [-0.1, -0.05) is 113 Å². The minimum absolute atomic E-state index is 0.00920. The Hall–Kier alpha value is -10.4. The number of carbonyl (C=O) groups is 4. The monoisotopic (exact) mass is 1410 g/mol. The number of anilines is 2. The summed E-state index contributed by atoms with van der Waals surface area (Å²) < 4.78 is 84.9. The van der Waals surface area contributed by atoms with E-state index in [0.29, 0.717) is 65.6 Å².